The highest BCUT2D eigenvalue weighted by molar-refractivity contribution is 7.25. The Hall–Kier alpha value is -7.05. The van der Waals surface area contributed by atoms with Crippen LogP contribution in [0.5, 0.6) is 0 Å². The first kappa shape index (κ1) is 31.5. The number of benzene rings is 10. The van der Waals surface area contributed by atoms with E-state index in [-0.39, 0.29) is 0 Å². The molecule has 0 atom stereocenters. The Labute approximate surface area is 322 Å². The van der Waals surface area contributed by atoms with Gasteiger partial charge < -0.3 is 0 Å². The van der Waals surface area contributed by atoms with Crippen LogP contribution >= 0.6 is 11.3 Å². The second-order valence-electron chi connectivity index (χ2n) is 14.2. The van der Waals surface area contributed by atoms with E-state index in [1.165, 1.54) is 85.9 Å². The zero-order valence-corrected chi connectivity index (χ0v) is 30.6. The Kier molecular flexibility index (Phi) is 7.17. The molecule has 0 radical (unpaired) electrons. The van der Waals surface area contributed by atoms with Crippen molar-refractivity contribution in [3.63, 3.8) is 0 Å². The van der Waals surface area contributed by atoms with E-state index in [9.17, 15) is 5.26 Å². The normalized spacial score (nSPS) is 11.6. The van der Waals surface area contributed by atoms with Gasteiger partial charge in [-0.05, 0) is 106 Å². The van der Waals surface area contributed by atoms with Crippen LogP contribution in [-0.4, -0.2) is 0 Å². The molecule has 0 saturated carbocycles. The predicted molar refractivity (Wildman–Crippen MR) is 236 cm³/mol. The minimum Gasteiger partial charge on any atom is -0.192 e. The SMILES string of the molecule is N#Cc1ccccc1-c1c2ccccc2c(-c2ccc3sc4cc(-c5c6ccccc6c(-c6ccccc6)c6ccccc56)ccc4c3c2)c2ccccc12. The van der Waals surface area contributed by atoms with Crippen LogP contribution in [-0.2, 0) is 0 Å². The molecular formula is C53H31NS. The Morgan fingerprint density at radius 2 is 0.745 bits per heavy atom. The van der Waals surface area contributed by atoms with E-state index in [2.05, 4.69) is 176 Å². The molecule has 0 N–H and O–H groups in total. The third-order valence-corrected chi connectivity index (χ3v) is 12.4. The first-order chi connectivity index (χ1) is 27.3. The largest absolute Gasteiger partial charge is 0.192 e. The van der Waals surface area contributed by atoms with Crippen molar-refractivity contribution in [2.45, 2.75) is 0 Å². The van der Waals surface area contributed by atoms with Gasteiger partial charge in [-0.15, -0.1) is 11.3 Å². The average molecular weight is 714 g/mol. The molecule has 0 fully saturated rings. The summed E-state index contributed by atoms with van der Waals surface area (Å²) in [5.74, 6) is 0. The third-order valence-electron chi connectivity index (χ3n) is 11.3. The molecule has 0 aliphatic rings. The van der Waals surface area contributed by atoms with Crippen molar-refractivity contribution >= 4 is 74.6 Å². The van der Waals surface area contributed by atoms with Crippen molar-refractivity contribution < 1.29 is 0 Å². The minimum atomic E-state index is 0.684. The van der Waals surface area contributed by atoms with E-state index < -0.39 is 0 Å². The molecule has 55 heavy (non-hydrogen) atoms. The zero-order valence-electron chi connectivity index (χ0n) is 29.8. The fourth-order valence-corrected chi connectivity index (χ4v) is 10.1. The van der Waals surface area contributed by atoms with Crippen molar-refractivity contribution in [3.8, 4) is 50.6 Å². The van der Waals surface area contributed by atoms with E-state index in [4.69, 9.17) is 0 Å². The molecule has 0 spiro atoms. The Bertz CT molecular complexity index is 3270. The molecular weight excluding hydrogens is 683 g/mol. The predicted octanol–water partition coefficient (Wildman–Crippen LogP) is 15.2. The molecule has 0 saturated heterocycles. The summed E-state index contributed by atoms with van der Waals surface area (Å²) >= 11 is 1.87. The highest BCUT2D eigenvalue weighted by atomic mass is 32.1. The highest BCUT2D eigenvalue weighted by Crippen LogP contribution is 2.48. The van der Waals surface area contributed by atoms with Crippen LogP contribution in [0.1, 0.15) is 5.56 Å². The monoisotopic (exact) mass is 713 g/mol. The van der Waals surface area contributed by atoms with E-state index in [0.29, 0.717) is 5.56 Å². The van der Waals surface area contributed by atoms with E-state index in [1.807, 2.05) is 29.5 Å². The summed E-state index contributed by atoms with van der Waals surface area (Å²) in [4.78, 5) is 0. The average Bonchev–Trinajstić information content (AvgIpc) is 3.62. The molecule has 1 aromatic heterocycles. The third kappa shape index (κ3) is 4.84. The lowest BCUT2D eigenvalue weighted by Gasteiger charge is -2.18. The summed E-state index contributed by atoms with van der Waals surface area (Å²) in [6.45, 7) is 0. The molecule has 0 bridgehead atoms. The maximum absolute atomic E-state index is 10.1. The molecule has 10 aromatic carbocycles. The summed E-state index contributed by atoms with van der Waals surface area (Å²) in [6.07, 6.45) is 0. The minimum absolute atomic E-state index is 0.684. The van der Waals surface area contributed by atoms with E-state index in [1.54, 1.807) is 0 Å². The lowest BCUT2D eigenvalue weighted by atomic mass is 9.84. The Morgan fingerprint density at radius 1 is 0.309 bits per heavy atom. The summed E-state index contributed by atoms with van der Waals surface area (Å²) in [6, 6.07) is 70.3. The summed E-state index contributed by atoms with van der Waals surface area (Å²) in [5, 5.41) is 22.4. The highest BCUT2D eigenvalue weighted by Gasteiger charge is 2.20. The van der Waals surface area contributed by atoms with E-state index in [0.717, 1.165) is 21.9 Å². The van der Waals surface area contributed by atoms with Gasteiger partial charge in [0.1, 0.15) is 0 Å². The number of thiophene rings is 1. The Balaban J connectivity index is 1.13. The molecule has 0 unspecified atom stereocenters. The molecule has 11 rings (SSSR count). The molecule has 1 nitrogen and oxygen atoms in total. The number of rotatable bonds is 4. The fraction of sp³-hybridized carbons (Fsp3) is 0. The molecule has 11 aromatic rings. The van der Waals surface area contributed by atoms with Gasteiger partial charge >= 0.3 is 0 Å². The maximum Gasteiger partial charge on any atom is 0.0998 e. The van der Waals surface area contributed by atoms with Gasteiger partial charge in [0, 0.05) is 25.7 Å². The number of fused-ring (bicyclic) bond motifs is 7. The lowest BCUT2D eigenvalue weighted by molar-refractivity contribution is 1.48. The van der Waals surface area contributed by atoms with Gasteiger partial charge in [0.25, 0.3) is 0 Å². The van der Waals surface area contributed by atoms with Crippen molar-refractivity contribution in [1.29, 1.82) is 5.26 Å². The van der Waals surface area contributed by atoms with Gasteiger partial charge in [-0.25, -0.2) is 0 Å². The Morgan fingerprint density at radius 3 is 1.29 bits per heavy atom. The van der Waals surface area contributed by atoms with Crippen molar-refractivity contribution in [2.75, 3.05) is 0 Å². The van der Waals surface area contributed by atoms with Crippen molar-refractivity contribution in [3.05, 3.63) is 194 Å². The van der Waals surface area contributed by atoms with Crippen LogP contribution in [0.3, 0.4) is 0 Å². The zero-order chi connectivity index (χ0) is 36.5. The quantitative estimate of drug-likeness (QED) is 0.167. The van der Waals surface area contributed by atoms with Gasteiger partial charge in [-0.3, -0.25) is 0 Å². The first-order valence-electron chi connectivity index (χ1n) is 18.7. The van der Waals surface area contributed by atoms with Gasteiger partial charge in [0.05, 0.1) is 11.6 Å². The topological polar surface area (TPSA) is 23.8 Å². The molecule has 254 valence electrons. The van der Waals surface area contributed by atoms with Gasteiger partial charge in [0.2, 0.25) is 0 Å². The van der Waals surface area contributed by atoms with E-state index >= 15 is 0 Å². The smallest absolute Gasteiger partial charge is 0.0998 e. The maximum atomic E-state index is 10.1. The molecule has 1 heterocycles. The van der Waals surface area contributed by atoms with Gasteiger partial charge in [-0.2, -0.15) is 5.26 Å². The van der Waals surface area contributed by atoms with Crippen LogP contribution in [0, 0.1) is 11.3 Å². The van der Waals surface area contributed by atoms with Crippen LogP contribution in [0.2, 0.25) is 0 Å². The van der Waals surface area contributed by atoms with Crippen LogP contribution in [0.25, 0.3) is 108 Å². The lowest BCUT2D eigenvalue weighted by Crippen LogP contribution is -1.92. The number of nitriles is 1. The summed E-state index contributed by atoms with van der Waals surface area (Å²) in [7, 11) is 0. The molecule has 0 aliphatic carbocycles. The van der Waals surface area contributed by atoms with Crippen molar-refractivity contribution in [2.24, 2.45) is 0 Å². The standard InChI is InChI=1S/C53H31NS/c54-32-36-16-4-5-17-37(36)53-45-24-12-10-22-43(45)51(44-23-11-13-25-46(44)53)34-27-29-48-47(30-34)38-28-26-35(31-49(38)55-48)52-41-20-8-6-18-39(41)50(33-14-2-1-3-15-33)40-19-7-9-21-42(40)52/h1-31H. The van der Waals surface area contributed by atoms with Crippen molar-refractivity contribution in [1.82, 2.24) is 0 Å². The molecule has 2 heteroatoms. The van der Waals surface area contributed by atoms with Crippen LogP contribution in [0.4, 0.5) is 0 Å². The van der Waals surface area contributed by atoms with Crippen LogP contribution in [0.15, 0.2) is 188 Å². The summed E-state index contributed by atoms with van der Waals surface area (Å²) < 4.78 is 2.56. The molecule has 0 aliphatic heterocycles. The second kappa shape index (κ2) is 12.5. The summed E-state index contributed by atoms with van der Waals surface area (Å²) in [5.41, 5.74) is 10.2. The molecule has 0 amide bonds. The van der Waals surface area contributed by atoms with Crippen LogP contribution < -0.4 is 0 Å². The number of nitrogens with zero attached hydrogens (tertiary/aromatic N) is 1. The number of hydrogen-bond donors (Lipinski definition) is 0. The van der Waals surface area contributed by atoms with Gasteiger partial charge in [-0.1, -0.05) is 164 Å². The van der Waals surface area contributed by atoms with Gasteiger partial charge in [0.15, 0.2) is 0 Å². The second-order valence-corrected chi connectivity index (χ2v) is 15.3. The number of hydrogen-bond acceptors (Lipinski definition) is 2. The first-order valence-corrected chi connectivity index (χ1v) is 19.5. The fourth-order valence-electron chi connectivity index (χ4n) is 8.97.